The smallest absolute Gasteiger partial charge is 0.247 e. The van der Waals surface area contributed by atoms with E-state index in [9.17, 15) is 0 Å². The van der Waals surface area contributed by atoms with Crippen LogP contribution < -0.4 is 4.74 Å². The van der Waals surface area contributed by atoms with Crippen molar-refractivity contribution in [3.8, 4) is 17.2 Å². The molecule has 2 heterocycles. The molecule has 0 bridgehead atoms. The van der Waals surface area contributed by atoms with Crippen LogP contribution in [0.1, 0.15) is 30.3 Å². The summed E-state index contributed by atoms with van der Waals surface area (Å²) in [5, 5.41) is 8.42. The average Bonchev–Trinajstić information content (AvgIpc) is 3.33. The molecule has 1 saturated heterocycles. The summed E-state index contributed by atoms with van der Waals surface area (Å²) in [5.41, 5.74) is 2.26. The highest BCUT2D eigenvalue weighted by Crippen LogP contribution is 2.34. The van der Waals surface area contributed by atoms with Crippen molar-refractivity contribution in [3.05, 3.63) is 66.1 Å². The maximum atomic E-state index is 5.87. The third-order valence-electron chi connectivity index (χ3n) is 4.69. The Morgan fingerprint density at radius 1 is 1.08 bits per heavy atom. The van der Waals surface area contributed by atoms with Crippen molar-refractivity contribution in [2.24, 2.45) is 0 Å². The first kappa shape index (κ1) is 15.8. The van der Waals surface area contributed by atoms with Gasteiger partial charge in [0, 0.05) is 11.6 Å². The number of benzene rings is 2. The van der Waals surface area contributed by atoms with Gasteiger partial charge in [0.1, 0.15) is 5.75 Å². The highest BCUT2D eigenvalue weighted by atomic mass is 16.5. The molecule has 5 nitrogen and oxygen atoms in total. The van der Waals surface area contributed by atoms with Crippen LogP contribution in [0.25, 0.3) is 11.5 Å². The maximum Gasteiger partial charge on any atom is 0.247 e. The van der Waals surface area contributed by atoms with Crippen molar-refractivity contribution in [3.63, 3.8) is 0 Å². The Morgan fingerprint density at radius 2 is 1.88 bits per heavy atom. The van der Waals surface area contributed by atoms with Crippen LogP contribution in [-0.2, 0) is 6.54 Å². The first-order chi connectivity index (χ1) is 12.3. The topological polar surface area (TPSA) is 51.4 Å². The molecular weight excluding hydrogens is 314 g/mol. The molecule has 0 aliphatic carbocycles. The molecule has 3 aromatic rings. The molecule has 4 rings (SSSR count). The number of methoxy groups -OCH3 is 1. The zero-order valence-electron chi connectivity index (χ0n) is 14.3. The number of hydrogen-bond acceptors (Lipinski definition) is 5. The van der Waals surface area contributed by atoms with E-state index in [-0.39, 0.29) is 0 Å². The minimum Gasteiger partial charge on any atom is -0.497 e. The van der Waals surface area contributed by atoms with Gasteiger partial charge >= 0.3 is 0 Å². The molecule has 0 N–H and O–H groups in total. The summed E-state index contributed by atoms with van der Waals surface area (Å²) in [6, 6.07) is 18.6. The average molecular weight is 335 g/mol. The van der Waals surface area contributed by atoms with Crippen LogP contribution in [0.2, 0.25) is 0 Å². The summed E-state index contributed by atoms with van der Waals surface area (Å²) in [6.07, 6.45) is 2.32. The van der Waals surface area contributed by atoms with E-state index in [1.165, 1.54) is 12.0 Å². The van der Waals surface area contributed by atoms with Gasteiger partial charge in [0.25, 0.3) is 0 Å². The minimum atomic E-state index is 0.387. The van der Waals surface area contributed by atoms with Crippen LogP contribution >= 0.6 is 0 Å². The fourth-order valence-corrected chi connectivity index (χ4v) is 3.41. The van der Waals surface area contributed by atoms with E-state index >= 15 is 0 Å². The number of rotatable bonds is 5. The van der Waals surface area contributed by atoms with E-state index in [1.54, 1.807) is 7.11 Å². The van der Waals surface area contributed by atoms with Crippen LogP contribution in [0.4, 0.5) is 0 Å². The lowest BCUT2D eigenvalue weighted by atomic mass is 10.0. The number of hydrogen-bond donors (Lipinski definition) is 0. The molecule has 0 saturated carbocycles. The third-order valence-corrected chi connectivity index (χ3v) is 4.69. The lowest BCUT2D eigenvalue weighted by Gasteiger charge is -2.23. The summed E-state index contributed by atoms with van der Waals surface area (Å²) < 4.78 is 11.1. The minimum absolute atomic E-state index is 0.387. The van der Waals surface area contributed by atoms with Crippen LogP contribution in [0.15, 0.2) is 59.0 Å². The van der Waals surface area contributed by atoms with Gasteiger partial charge in [-0.15, -0.1) is 10.2 Å². The molecule has 5 heteroatoms. The monoisotopic (exact) mass is 335 g/mol. The SMILES string of the molecule is COc1ccc(C2CCCN2Cc2nnc(-c3ccccc3)o2)cc1. The number of aromatic nitrogens is 2. The first-order valence-electron chi connectivity index (χ1n) is 8.59. The van der Waals surface area contributed by atoms with Crippen LogP contribution in [0.3, 0.4) is 0 Å². The molecule has 1 aliphatic heterocycles. The standard InChI is InChI=1S/C20H21N3O2/c1-24-17-11-9-15(10-12-17)18-8-5-13-23(18)14-19-21-22-20(25-19)16-6-3-2-4-7-16/h2-4,6-7,9-12,18H,5,8,13-14H2,1H3. The summed E-state index contributed by atoms with van der Waals surface area (Å²) in [5.74, 6) is 2.13. The Morgan fingerprint density at radius 3 is 2.64 bits per heavy atom. The van der Waals surface area contributed by atoms with Gasteiger partial charge in [0.05, 0.1) is 13.7 Å². The van der Waals surface area contributed by atoms with Crippen molar-refractivity contribution < 1.29 is 9.15 Å². The van der Waals surface area contributed by atoms with Gasteiger partial charge in [0.15, 0.2) is 0 Å². The van der Waals surface area contributed by atoms with E-state index in [4.69, 9.17) is 9.15 Å². The van der Waals surface area contributed by atoms with E-state index in [2.05, 4.69) is 27.2 Å². The Hall–Kier alpha value is -2.66. The van der Waals surface area contributed by atoms with E-state index in [0.29, 0.717) is 24.4 Å². The van der Waals surface area contributed by atoms with Crippen molar-refractivity contribution in [1.29, 1.82) is 0 Å². The second-order valence-electron chi connectivity index (χ2n) is 6.27. The summed E-state index contributed by atoms with van der Waals surface area (Å²) in [7, 11) is 1.69. The fourth-order valence-electron chi connectivity index (χ4n) is 3.41. The van der Waals surface area contributed by atoms with Gasteiger partial charge in [-0.1, -0.05) is 30.3 Å². The molecule has 128 valence electrons. The third kappa shape index (κ3) is 3.42. The van der Waals surface area contributed by atoms with Gasteiger partial charge in [-0.25, -0.2) is 0 Å². The van der Waals surface area contributed by atoms with Crippen LogP contribution in [0, 0.1) is 0 Å². The first-order valence-corrected chi connectivity index (χ1v) is 8.59. The molecule has 0 amide bonds. The second-order valence-corrected chi connectivity index (χ2v) is 6.27. The lowest BCUT2D eigenvalue weighted by molar-refractivity contribution is 0.224. The molecular formula is C20H21N3O2. The Labute approximate surface area is 147 Å². The van der Waals surface area contributed by atoms with E-state index in [0.717, 1.165) is 24.3 Å². The molecule has 0 radical (unpaired) electrons. The Bertz CT molecular complexity index is 814. The van der Waals surface area contributed by atoms with Crippen LogP contribution in [0.5, 0.6) is 5.75 Å². The molecule has 0 spiro atoms. The lowest BCUT2D eigenvalue weighted by Crippen LogP contribution is -2.22. The van der Waals surface area contributed by atoms with Crippen molar-refractivity contribution in [1.82, 2.24) is 15.1 Å². The van der Waals surface area contributed by atoms with Crippen molar-refractivity contribution >= 4 is 0 Å². The number of nitrogens with zero attached hydrogens (tertiary/aromatic N) is 3. The molecule has 1 unspecified atom stereocenters. The Balaban J connectivity index is 1.49. The molecule has 1 aromatic heterocycles. The zero-order chi connectivity index (χ0) is 17.1. The van der Waals surface area contributed by atoms with Crippen LogP contribution in [-0.4, -0.2) is 28.8 Å². The largest absolute Gasteiger partial charge is 0.497 e. The zero-order valence-corrected chi connectivity index (χ0v) is 14.3. The predicted octanol–water partition coefficient (Wildman–Crippen LogP) is 4.08. The molecule has 1 fully saturated rings. The van der Waals surface area contributed by atoms with Crippen molar-refractivity contribution in [2.45, 2.75) is 25.4 Å². The van der Waals surface area contributed by atoms with Gasteiger partial charge in [-0.2, -0.15) is 0 Å². The highest BCUT2D eigenvalue weighted by Gasteiger charge is 2.27. The molecule has 1 atom stereocenters. The van der Waals surface area contributed by atoms with Gasteiger partial charge in [-0.3, -0.25) is 4.90 Å². The molecule has 2 aromatic carbocycles. The summed E-state index contributed by atoms with van der Waals surface area (Å²) in [6.45, 7) is 1.72. The van der Waals surface area contributed by atoms with E-state index < -0.39 is 0 Å². The fraction of sp³-hybridized carbons (Fsp3) is 0.300. The highest BCUT2D eigenvalue weighted by molar-refractivity contribution is 5.51. The Kier molecular flexibility index (Phi) is 4.48. The molecule has 1 aliphatic rings. The van der Waals surface area contributed by atoms with Gasteiger partial charge < -0.3 is 9.15 Å². The number of ether oxygens (including phenoxy) is 1. The van der Waals surface area contributed by atoms with E-state index in [1.807, 2.05) is 42.5 Å². The van der Waals surface area contributed by atoms with Gasteiger partial charge in [0.2, 0.25) is 11.8 Å². The summed E-state index contributed by atoms with van der Waals surface area (Å²) in [4.78, 5) is 2.41. The summed E-state index contributed by atoms with van der Waals surface area (Å²) >= 11 is 0. The van der Waals surface area contributed by atoms with Crippen molar-refractivity contribution in [2.75, 3.05) is 13.7 Å². The quantitative estimate of drug-likeness (QED) is 0.703. The maximum absolute atomic E-state index is 5.87. The van der Waals surface area contributed by atoms with Gasteiger partial charge in [-0.05, 0) is 49.2 Å². The second kappa shape index (κ2) is 7.07. The molecule has 25 heavy (non-hydrogen) atoms. The number of likely N-dealkylation sites (tertiary alicyclic amines) is 1. The normalized spacial score (nSPS) is 17.7. The predicted molar refractivity (Wildman–Crippen MR) is 95.1 cm³/mol.